The van der Waals surface area contributed by atoms with Crippen molar-refractivity contribution in [1.29, 1.82) is 0 Å². The maximum atomic E-state index is 3.98. The minimum atomic E-state index is 0.353. The normalized spacial score (nSPS) is 13.3. The topological polar surface area (TPSA) is 37.8 Å². The minimum absolute atomic E-state index is 0.353. The molecule has 0 amide bonds. The van der Waals surface area contributed by atoms with Crippen LogP contribution in [0.5, 0.6) is 0 Å². The molecule has 1 rings (SSSR count). The first-order valence-corrected chi connectivity index (χ1v) is 4.18. The van der Waals surface area contributed by atoms with E-state index in [4.69, 9.17) is 0 Å². The summed E-state index contributed by atoms with van der Waals surface area (Å²) in [7, 11) is 1.96. The maximum Gasteiger partial charge on any atom is 0.115 e. The van der Waals surface area contributed by atoms with Crippen LogP contribution in [0.2, 0.25) is 0 Å². The molecule has 0 radical (unpaired) electrons. The van der Waals surface area contributed by atoms with Gasteiger partial charge < -0.3 is 5.32 Å². The lowest BCUT2D eigenvalue weighted by Gasteiger charge is -2.19. The highest BCUT2D eigenvalue weighted by Crippen LogP contribution is 2.18. The molecular weight excluding hydrogens is 150 g/mol. The summed E-state index contributed by atoms with van der Waals surface area (Å²) in [5.74, 6) is 0.556. The number of hydrogen-bond donors (Lipinski definition) is 1. The van der Waals surface area contributed by atoms with Crippen LogP contribution in [0.15, 0.2) is 18.7 Å². The van der Waals surface area contributed by atoms with Crippen molar-refractivity contribution in [2.24, 2.45) is 5.92 Å². The van der Waals surface area contributed by atoms with Crippen LogP contribution in [0.3, 0.4) is 0 Å². The first-order valence-electron chi connectivity index (χ1n) is 4.18. The van der Waals surface area contributed by atoms with Gasteiger partial charge in [0.05, 0.1) is 0 Å². The zero-order valence-corrected chi connectivity index (χ0v) is 7.78. The number of nitrogens with one attached hydrogen (secondary N) is 1. The van der Waals surface area contributed by atoms with E-state index in [1.54, 1.807) is 6.33 Å². The van der Waals surface area contributed by atoms with E-state index in [2.05, 4.69) is 29.1 Å². The Hall–Kier alpha value is -0.960. The van der Waals surface area contributed by atoms with E-state index in [9.17, 15) is 0 Å². The van der Waals surface area contributed by atoms with Crippen LogP contribution in [0.1, 0.15) is 25.5 Å². The molecule has 1 aromatic rings. The Balaban J connectivity index is 2.80. The highest BCUT2D eigenvalue weighted by molar-refractivity contribution is 5.09. The zero-order valence-electron chi connectivity index (χ0n) is 7.78. The van der Waals surface area contributed by atoms with Crippen molar-refractivity contribution in [3.63, 3.8) is 0 Å². The van der Waals surface area contributed by atoms with Crippen molar-refractivity contribution in [2.75, 3.05) is 7.05 Å². The van der Waals surface area contributed by atoms with Gasteiger partial charge >= 0.3 is 0 Å². The van der Waals surface area contributed by atoms with Crippen LogP contribution in [0, 0.1) is 5.92 Å². The van der Waals surface area contributed by atoms with Crippen molar-refractivity contribution >= 4 is 0 Å². The van der Waals surface area contributed by atoms with Gasteiger partial charge in [-0.1, -0.05) is 13.8 Å². The number of aromatic nitrogens is 2. The van der Waals surface area contributed by atoms with Gasteiger partial charge in [0.1, 0.15) is 6.33 Å². The van der Waals surface area contributed by atoms with Crippen LogP contribution in [-0.2, 0) is 0 Å². The number of hydrogen-bond acceptors (Lipinski definition) is 3. The molecule has 0 aromatic carbocycles. The van der Waals surface area contributed by atoms with E-state index in [-0.39, 0.29) is 0 Å². The van der Waals surface area contributed by atoms with Gasteiger partial charge in [-0.15, -0.1) is 0 Å². The summed E-state index contributed by atoms with van der Waals surface area (Å²) >= 11 is 0. The molecule has 12 heavy (non-hydrogen) atoms. The van der Waals surface area contributed by atoms with Crippen LogP contribution in [0.4, 0.5) is 0 Å². The quantitative estimate of drug-likeness (QED) is 0.735. The molecule has 0 aliphatic carbocycles. The lowest BCUT2D eigenvalue weighted by Crippen LogP contribution is -2.21. The fraction of sp³-hybridized carbons (Fsp3) is 0.556. The van der Waals surface area contributed by atoms with Crippen molar-refractivity contribution in [1.82, 2.24) is 15.3 Å². The molecule has 0 saturated carbocycles. The van der Waals surface area contributed by atoms with Crippen LogP contribution < -0.4 is 5.32 Å². The van der Waals surface area contributed by atoms with Gasteiger partial charge in [-0.25, -0.2) is 9.97 Å². The SMILES string of the molecule is CN[C@@H](c1cncnc1)C(C)C. The first kappa shape index (κ1) is 9.13. The summed E-state index contributed by atoms with van der Waals surface area (Å²) in [4.78, 5) is 7.97. The molecule has 1 heterocycles. The van der Waals surface area contributed by atoms with Gasteiger partial charge in [0.15, 0.2) is 0 Å². The fourth-order valence-electron chi connectivity index (χ4n) is 1.36. The average Bonchev–Trinajstić information content (AvgIpc) is 2.07. The van der Waals surface area contributed by atoms with E-state index in [0.717, 1.165) is 5.56 Å². The number of rotatable bonds is 3. The van der Waals surface area contributed by atoms with Crippen LogP contribution in [-0.4, -0.2) is 17.0 Å². The van der Waals surface area contributed by atoms with Crippen molar-refractivity contribution in [3.05, 3.63) is 24.3 Å². The second kappa shape index (κ2) is 4.16. The smallest absolute Gasteiger partial charge is 0.115 e. The van der Waals surface area contributed by atoms with Crippen molar-refractivity contribution in [2.45, 2.75) is 19.9 Å². The molecule has 0 saturated heterocycles. The van der Waals surface area contributed by atoms with E-state index in [1.165, 1.54) is 0 Å². The predicted octanol–water partition coefficient (Wildman–Crippen LogP) is 1.39. The summed E-state index contributed by atoms with van der Waals surface area (Å²) in [6.07, 6.45) is 5.26. The second-order valence-corrected chi connectivity index (χ2v) is 3.18. The molecule has 0 spiro atoms. The third kappa shape index (κ3) is 2.01. The Bertz CT molecular complexity index is 220. The highest BCUT2D eigenvalue weighted by Gasteiger charge is 2.12. The van der Waals surface area contributed by atoms with Crippen LogP contribution in [0.25, 0.3) is 0 Å². The predicted molar refractivity (Wildman–Crippen MR) is 48.7 cm³/mol. The van der Waals surface area contributed by atoms with Gasteiger partial charge in [0, 0.05) is 24.0 Å². The summed E-state index contributed by atoms with van der Waals surface area (Å²) < 4.78 is 0. The van der Waals surface area contributed by atoms with Gasteiger partial charge in [-0.3, -0.25) is 0 Å². The maximum absolute atomic E-state index is 3.98. The molecule has 3 nitrogen and oxygen atoms in total. The average molecular weight is 165 g/mol. The molecule has 66 valence electrons. The molecule has 0 bridgehead atoms. The van der Waals surface area contributed by atoms with Gasteiger partial charge in [-0.2, -0.15) is 0 Å². The van der Waals surface area contributed by atoms with Gasteiger partial charge in [-0.05, 0) is 13.0 Å². The standard InChI is InChI=1S/C9H15N3/c1-7(2)9(10-3)8-4-11-6-12-5-8/h4-7,9-10H,1-3H3/t9-/m1/s1. The monoisotopic (exact) mass is 165 g/mol. The zero-order chi connectivity index (χ0) is 8.97. The number of nitrogens with zero attached hydrogens (tertiary/aromatic N) is 2. The lowest BCUT2D eigenvalue weighted by molar-refractivity contribution is 0.441. The third-order valence-corrected chi connectivity index (χ3v) is 1.92. The summed E-state index contributed by atoms with van der Waals surface area (Å²) in [5.41, 5.74) is 1.15. The Morgan fingerprint density at radius 3 is 2.25 bits per heavy atom. The first-order chi connectivity index (χ1) is 5.75. The Morgan fingerprint density at radius 2 is 1.83 bits per heavy atom. The fourth-order valence-corrected chi connectivity index (χ4v) is 1.36. The second-order valence-electron chi connectivity index (χ2n) is 3.18. The molecule has 0 aliphatic rings. The molecule has 1 aromatic heterocycles. The van der Waals surface area contributed by atoms with Crippen molar-refractivity contribution < 1.29 is 0 Å². The molecular formula is C9H15N3. The molecule has 1 atom stereocenters. The Kier molecular flexibility index (Phi) is 3.17. The molecule has 0 unspecified atom stereocenters. The summed E-state index contributed by atoms with van der Waals surface area (Å²) in [6.45, 7) is 4.35. The Labute approximate surface area is 73.2 Å². The minimum Gasteiger partial charge on any atom is -0.313 e. The summed E-state index contributed by atoms with van der Waals surface area (Å²) in [5, 5.41) is 3.24. The van der Waals surface area contributed by atoms with E-state index >= 15 is 0 Å². The molecule has 0 fully saturated rings. The largest absolute Gasteiger partial charge is 0.313 e. The lowest BCUT2D eigenvalue weighted by atomic mass is 9.99. The van der Waals surface area contributed by atoms with E-state index in [1.807, 2.05) is 19.4 Å². The molecule has 0 aliphatic heterocycles. The molecule has 3 heteroatoms. The highest BCUT2D eigenvalue weighted by atomic mass is 14.9. The third-order valence-electron chi connectivity index (χ3n) is 1.92. The van der Waals surface area contributed by atoms with Crippen molar-refractivity contribution in [3.8, 4) is 0 Å². The summed E-state index contributed by atoms with van der Waals surface area (Å²) in [6, 6.07) is 0.353. The van der Waals surface area contributed by atoms with E-state index < -0.39 is 0 Å². The van der Waals surface area contributed by atoms with Crippen LogP contribution >= 0.6 is 0 Å². The molecule has 1 N–H and O–H groups in total. The Morgan fingerprint density at radius 1 is 1.25 bits per heavy atom. The van der Waals surface area contributed by atoms with E-state index in [0.29, 0.717) is 12.0 Å². The van der Waals surface area contributed by atoms with Gasteiger partial charge in [0.25, 0.3) is 0 Å². The van der Waals surface area contributed by atoms with Gasteiger partial charge in [0.2, 0.25) is 0 Å².